The van der Waals surface area contributed by atoms with Crippen LogP contribution in [0.5, 0.6) is 11.6 Å². The van der Waals surface area contributed by atoms with Crippen LogP contribution in [0.4, 0.5) is 0 Å². The maximum absolute atomic E-state index is 11.1. The van der Waals surface area contributed by atoms with Crippen molar-refractivity contribution in [1.29, 1.82) is 0 Å². The van der Waals surface area contributed by atoms with Gasteiger partial charge in [-0.25, -0.2) is 18.5 Å². The number of aryl methyl sites for hydroxylation is 1. The van der Waals surface area contributed by atoms with E-state index >= 15 is 0 Å². The topological polar surface area (TPSA) is 82.3 Å². The number of primary sulfonamides is 1. The maximum atomic E-state index is 11.1. The molecular weight excluding hydrogens is 276 g/mol. The number of sulfonamides is 1. The molecule has 0 radical (unpaired) electrons. The molecule has 2 rings (SSSR count). The van der Waals surface area contributed by atoms with Gasteiger partial charge in [-0.1, -0.05) is 25.5 Å². The highest BCUT2D eigenvalue weighted by atomic mass is 32.2. The third-order valence-corrected chi connectivity index (χ3v) is 3.62. The van der Waals surface area contributed by atoms with Gasteiger partial charge in [-0.15, -0.1) is 0 Å². The van der Waals surface area contributed by atoms with Crippen molar-refractivity contribution in [1.82, 2.24) is 4.98 Å². The number of hydrogen-bond donors (Lipinski definition) is 1. The monoisotopic (exact) mass is 292 g/mol. The van der Waals surface area contributed by atoms with Gasteiger partial charge in [0.1, 0.15) is 10.6 Å². The SMILES string of the molecule is CCCc1ccc(Oc2ccc(S(N)(=O)=O)cn2)cc1. The molecule has 6 heteroatoms. The van der Waals surface area contributed by atoms with Crippen molar-refractivity contribution < 1.29 is 13.2 Å². The molecule has 2 N–H and O–H groups in total. The summed E-state index contributed by atoms with van der Waals surface area (Å²) in [6.07, 6.45) is 3.30. The summed E-state index contributed by atoms with van der Waals surface area (Å²) < 4.78 is 27.7. The third kappa shape index (κ3) is 3.79. The van der Waals surface area contributed by atoms with Crippen molar-refractivity contribution in [2.45, 2.75) is 24.7 Å². The molecule has 2 aromatic rings. The number of aromatic nitrogens is 1. The van der Waals surface area contributed by atoms with Gasteiger partial charge in [0.05, 0.1) is 6.20 Å². The van der Waals surface area contributed by atoms with Gasteiger partial charge in [0, 0.05) is 6.07 Å². The van der Waals surface area contributed by atoms with Crippen LogP contribution >= 0.6 is 0 Å². The van der Waals surface area contributed by atoms with E-state index in [-0.39, 0.29) is 4.90 Å². The van der Waals surface area contributed by atoms with Crippen molar-refractivity contribution in [3.8, 4) is 11.6 Å². The van der Waals surface area contributed by atoms with E-state index in [1.165, 1.54) is 23.9 Å². The Morgan fingerprint density at radius 1 is 1.15 bits per heavy atom. The minimum absolute atomic E-state index is 0.0388. The van der Waals surface area contributed by atoms with E-state index in [4.69, 9.17) is 9.88 Å². The summed E-state index contributed by atoms with van der Waals surface area (Å²) in [5.74, 6) is 0.973. The molecule has 0 saturated carbocycles. The van der Waals surface area contributed by atoms with E-state index in [2.05, 4.69) is 11.9 Å². The highest BCUT2D eigenvalue weighted by molar-refractivity contribution is 7.89. The number of rotatable bonds is 5. The number of ether oxygens (including phenoxy) is 1. The fraction of sp³-hybridized carbons (Fsp3) is 0.214. The van der Waals surface area contributed by atoms with Gasteiger partial charge >= 0.3 is 0 Å². The molecule has 1 aromatic heterocycles. The molecule has 0 aliphatic carbocycles. The fourth-order valence-corrected chi connectivity index (χ4v) is 2.19. The molecule has 5 nitrogen and oxygen atoms in total. The number of nitrogens with zero attached hydrogens (tertiary/aromatic N) is 1. The van der Waals surface area contributed by atoms with Gasteiger partial charge in [-0.3, -0.25) is 0 Å². The molecule has 0 saturated heterocycles. The van der Waals surface area contributed by atoms with Crippen molar-refractivity contribution in [2.75, 3.05) is 0 Å². The third-order valence-electron chi connectivity index (χ3n) is 2.72. The first kappa shape index (κ1) is 14.5. The zero-order valence-corrected chi connectivity index (χ0v) is 11.9. The molecule has 0 atom stereocenters. The Morgan fingerprint density at radius 2 is 1.85 bits per heavy atom. The van der Waals surface area contributed by atoms with E-state index in [0.29, 0.717) is 11.6 Å². The lowest BCUT2D eigenvalue weighted by Gasteiger charge is -2.06. The van der Waals surface area contributed by atoms with Crippen LogP contribution in [0.15, 0.2) is 47.5 Å². The first-order chi connectivity index (χ1) is 9.49. The van der Waals surface area contributed by atoms with Crippen LogP contribution in [0.3, 0.4) is 0 Å². The van der Waals surface area contributed by atoms with Gasteiger partial charge < -0.3 is 4.74 Å². The average Bonchev–Trinajstić information content (AvgIpc) is 2.41. The summed E-state index contributed by atoms with van der Waals surface area (Å²) in [6, 6.07) is 10.6. The van der Waals surface area contributed by atoms with Crippen molar-refractivity contribution in [3.05, 3.63) is 48.2 Å². The molecule has 20 heavy (non-hydrogen) atoms. The van der Waals surface area contributed by atoms with Crippen LogP contribution in [0.25, 0.3) is 0 Å². The highest BCUT2D eigenvalue weighted by Gasteiger charge is 2.08. The van der Waals surface area contributed by atoms with Crippen molar-refractivity contribution in [2.24, 2.45) is 5.14 Å². The van der Waals surface area contributed by atoms with Gasteiger partial charge in [0.2, 0.25) is 15.9 Å². The molecule has 0 spiro atoms. The number of pyridine rings is 1. The van der Waals surface area contributed by atoms with Crippen molar-refractivity contribution in [3.63, 3.8) is 0 Å². The predicted molar refractivity (Wildman–Crippen MR) is 76.1 cm³/mol. The Hall–Kier alpha value is -1.92. The summed E-state index contributed by atoms with van der Waals surface area (Å²) in [5, 5.41) is 5.00. The van der Waals surface area contributed by atoms with E-state index in [9.17, 15) is 8.42 Å². The van der Waals surface area contributed by atoms with Gasteiger partial charge in [-0.05, 0) is 30.2 Å². The van der Waals surface area contributed by atoms with E-state index in [1.54, 1.807) is 0 Å². The lowest BCUT2D eigenvalue weighted by atomic mass is 10.1. The molecule has 0 fully saturated rings. The molecule has 1 aromatic carbocycles. The molecule has 0 bridgehead atoms. The quantitative estimate of drug-likeness (QED) is 0.917. The maximum Gasteiger partial charge on any atom is 0.239 e. The Morgan fingerprint density at radius 3 is 2.35 bits per heavy atom. The van der Waals surface area contributed by atoms with E-state index in [0.717, 1.165) is 12.8 Å². The average molecular weight is 292 g/mol. The second-order valence-corrected chi connectivity index (χ2v) is 5.93. The summed E-state index contributed by atoms with van der Waals surface area (Å²) in [4.78, 5) is 3.88. The molecule has 0 amide bonds. The number of nitrogens with two attached hydrogens (primary N) is 1. The standard InChI is InChI=1S/C14H16N2O3S/c1-2-3-11-4-6-12(7-5-11)19-14-9-8-13(10-16-14)20(15,17)18/h4-10H,2-3H2,1H3,(H2,15,17,18). The van der Waals surface area contributed by atoms with Gasteiger partial charge in [0.25, 0.3) is 0 Å². The summed E-state index contributed by atoms with van der Waals surface area (Å²) >= 11 is 0. The largest absolute Gasteiger partial charge is 0.439 e. The van der Waals surface area contributed by atoms with E-state index < -0.39 is 10.0 Å². The second-order valence-electron chi connectivity index (χ2n) is 4.37. The van der Waals surface area contributed by atoms with Gasteiger partial charge in [0.15, 0.2) is 0 Å². The Balaban J connectivity index is 2.10. The van der Waals surface area contributed by atoms with E-state index in [1.807, 2.05) is 24.3 Å². The van der Waals surface area contributed by atoms with Gasteiger partial charge in [-0.2, -0.15) is 0 Å². The minimum atomic E-state index is -3.72. The Bertz CT molecular complexity index is 665. The van der Waals surface area contributed by atoms with Crippen molar-refractivity contribution >= 4 is 10.0 Å². The Labute approximate surface area is 118 Å². The van der Waals surface area contributed by atoms with Crippen LogP contribution < -0.4 is 9.88 Å². The lowest BCUT2D eigenvalue weighted by Crippen LogP contribution is -2.12. The van der Waals surface area contributed by atoms with Crippen LogP contribution in [0.2, 0.25) is 0 Å². The first-order valence-corrected chi connectivity index (χ1v) is 7.79. The number of benzene rings is 1. The molecule has 106 valence electrons. The first-order valence-electron chi connectivity index (χ1n) is 6.24. The normalized spacial score (nSPS) is 11.3. The second kappa shape index (κ2) is 6.02. The molecule has 1 heterocycles. The number of hydrogen-bond acceptors (Lipinski definition) is 4. The summed E-state index contributed by atoms with van der Waals surface area (Å²) in [5.41, 5.74) is 1.25. The van der Waals surface area contributed by atoms with Crippen LogP contribution in [-0.2, 0) is 16.4 Å². The molecule has 0 unspecified atom stereocenters. The van der Waals surface area contributed by atoms with Crippen LogP contribution in [-0.4, -0.2) is 13.4 Å². The summed E-state index contributed by atoms with van der Waals surface area (Å²) in [6.45, 7) is 2.13. The van der Waals surface area contributed by atoms with Crippen LogP contribution in [0, 0.1) is 0 Å². The van der Waals surface area contributed by atoms with Crippen LogP contribution in [0.1, 0.15) is 18.9 Å². The predicted octanol–water partition coefficient (Wildman–Crippen LogP) is 2.47. The lowest BCUT2D eigenvalue weighted by molar-refractivity contribution is 0.461. The highest BCUT2D eigenvalue weighted by Crippen LogP contribution is 2.21. The minimum Gasteiger partial charge on any atom is -0.439 e. The Kier molecular flexibility index (Phi) is 4.36. The summed E-state index contributed by atoms with van der Waals surface area (Å²) in [7, 11) is -3.72. The smallest absolute Gasteiger partial charge is 0.239 e. The molecule has 0 aliphatic rings. The molecule has 0 aliphatic heterocycles. The zero-order valence-electron chi connectivity index (χ0n) is 11.1. The fourth-order valence-electron chi connectivity index (χ4n) is 1.73. The molecular formula is C14H16N2O3S. The zero-order chi connectivity index (χ0) is 14.6.